The summed E-state index contributed by atoms with van der Waals surface area (Å²) < 4.78 is 23.7. The van der Waals surface area contributed by atoms with Gasteiger partial charge in [-0.15, -0.1) is 0 Å². The number of aliphatic carboxylic acids is 2. The molecule has 3 aliphatic rings. The van der Waals surface area contributed by atoms with Crippen molar-refractivity contribution in [2.24, 2.45) is 17.4 Å². The maximum absolute atomic E-state index is 13.0. The minimum Gasteiger partial charge on any atom is -0.493 e. The lowest BCUT2D eigenvalue weighted by Gasteiger charge is -2.44. The molecule has 1 aliphatic heterocycles. The molecule has 0 aromatic heterocycles. The van der Waals surface area contributed by atoms with E-state index in [1.165, 1.54) is 7.11 Å². The quantitative estimate of drug-likeness (QED) is 0.326. The third-order valence-corrected chi connectivity index (χ3v) is 7.69. The Bertz CT molecular complexity index is 1180. The van der Waals surface area contributed by atoms with Crippen molar-refractivity contribution in [3.63, 3.8) is 0 Å². The number of carboxylic acids is 2. The molecule has 1 heterocycles. The van der Waals surface area contributed by atoms with Gasteiger partial charge in [-0.05, 0) is 43.4 Å². The molecule has 0 saturated heterocycles. The van der Waals surface area contributed by atoms with Crippen LogP contribution < -0.4 is 20.9 Å². The number of ether oxygens (including phenoxy) is 4. The smallest absolute Gasteiger partial charge is 0.321 e. The lowest BCUT2D eigenvalue weighted by atomic mass is 9.71. The van der Waals surface area contributed by atoms with E-state index in [4.69, 9.17) is 35.5 Å². The number of carbonyl (C=O) groups is 4. The molecule has 2 aliphatic carbocycles. The Hall–Kier alpha value is -3.64. The number of carboxylic acid groups (broad SMARTS) is 2. The summed E-state index contributed by atoms with van der Waals surface area (Å²) in [5.41, 5.74) is 12.0. The van der Waals surface area contributed by atoms with Crippen molar-refractivity contribution >= 4 is 23.9 Å². The number of rotatable bonds is 9. The molecule has 5 atom stereocenters. The van der Waals surface area contributed by atoms with Crippen LogP contribution in [0.3, 0.4) is 0 Å². The van der Waals surface area contributed by atoms with Crippen molar-refractivity contribution < 1.29 is 48.3 Å². The number of hydrogen-bond donors (Lipinski definition) is 4. The summed E-state index contributed by atoms with van der Waals surface area (Å²) >= 11 is 0. The molecule has 0 fully saturated rings. The predicted octanol–water partition coefficient (Wildman–Crippen LogP) is 1.45. The fourth-order valence-electron chi connectivity index (χ4n) is 5.64. The molecule has 39 heavy (non-hydrogen) atoms. The fourth-order valence-corrected chi connectivity index (χ4v) is 5.64. The highest BCUT2D eigenvalue weighted by Gasteiger charge is 2.50. The Balaban J connectivity index is 1.74. The molecule has 12 nitrogen and oxygen atoms in total. The average Bonchev–Trinajstić information content (AvgIpc) is 2.86. The van der Waals surface area contributed by atoms with E-state index in [2.05, 4.69) is 0 Å². The van der Waals surface area contributed by atoms with E-state index in [0.29, 0.717) is 17.9 Å². The second-order valence-corrected chi connectivity index (χ2v) is 10.3. The van der Waals surface area contributed by atoms with E-state index in [-0.39, 0.29) is 24.5 Å². The molecule has 0 spiro atoms. The van der Waals surface area contributed by atoms with E-state index in [0.717, 1.165) is 36.8 Å². The Morgan fingerprint density at radius 2 is 1.77 bits per heavy atom. The van der Waals surface area contributed by atoms with Crippen LogP contribution in [0.15, 0.2) is 24.0 Å². The third kappa shape index (κ3) is 6.17. The first-order chi connectivity index (χ1) is 18.5. The Morgan fingerprint density at radius 1 is 1.08 bits per heavy atom. The molecule has 4 rings (SSSR count). The van der Waals surface area contributed by atoms with Crippen LogP contribution in [0.5, 0.6) is 11.5 Å². The fraction of sp³-hybridized carbons (Fsp3) is 0.556. The molecule has 0 saturated carbocycles. The van der Waals surface area contributed by atoms with Crippen molar-refractivity contribution in [2.45, 2.75) is 81.6 Å². The molecule has 6 bridgehead atoms. The van der Waals surface area contributed by atoms with Crippen molar-refractivity contribution in [2.75, 3.05) is 7.11 Å². The maximum Gasteiger partial charge on any atom is 0.321 e. The van der Waals surface area contributed by atoms with Gasteiger partial charge in [0.25, 0.3) is 0 Å². The van der Waals surface area contributed by atoms with Gasteiger partial charge in [0.2, 0.25) is 0 Å². The summed E-state index contributed by atoms with van der Waals surface area (Å²) in [5.74, 6) is -3.18. The number of nitrogens with two attached hydrogens (primary N) is 2. The lowest BCUT2D eigenvalue weighted by Crippen LogP contribution is -2.50. The van der Waals surface area contributed by atoms with E-state index < -0.39 is 60.5 Å². The number of hydrogen-bond acceptors (Lipinski definition) is 10. The first-order valence-corrected chi connectivity index (χ1v) is 13.0. The topological polar surface area (TPSA) is 198 Å². The second kappa shape index (κ2) is 11.6. The molecule has 0 amide bonds. The third-order valence-electron chi connectivity index (χ3n) is 7.69. The highest BCUT2D eigenvalue weighted by atomic mass is 16.6. The summed E-state index contributed by atoms with van der Waals surface area (Å²) in [5, 5.41) is 18.3. The zero-order chi connectivity index (χ0) is 28.3. The van der Waals surface area contributed by atoms with Crippen LogP contribution in [-0.4, -0.2) is 65.0 Å². The van der Waals surface area contributed by atoms with Gasteiger partial charge in [0, 0.05) is 24.3 Å². The first-order valence-electron chi connectivity index (χ1n) is 13.0. The molecule has 12 heteroatoms. The molecule has 212 valence electrons. The zero-order valence-electron chi connectivity index (χ0n) is 21.7. The van der Waals surface area contributed by atoms with Crippen molar-refractivity contribution in [1.29, 1.82) is 0 Å². The van der Waals surface area contributed by atoms with Gasteiger partial charge in [-0.25, -0.2) is 0 Å². The van der Waals surface area contributed by atoms with Crippen LogP contribution in [0.2, 0.25) is 0 Å². The summed E-state index contributed by atoms with van der Waals surface area (Å²) in [7, 11) is 1.53. The van der Waals surface area contributed by atoms with Gasteiger partial charge in [0.1, 0.15) is 23.4 Å². The van der Waals surface area contributed by atoms with Gasteiger partial charge in [-0.3, -0.25) is 19.2 Å². The zero-order valence-corrected chi connectivity index (χ0v) is 21.7. The molecule has 0 unspecified atom stereocenters. The van der Waals surface area contributed by atoms with Gasteiger partial charge in [0.15, 0.2) is 17.6 Å². The minimum atomic E-state index is -1.43. The molecule has 6 N–H and O–H groups in total. The number of carbonyl (C=O) groups excluding carboxylic acids is 2. The summed E-state index contributed by atoms with van der Waals surface area (Å²) in [4.78, 5) is 47.9. The van der Waals surface area contributed by atoms with Crippen LogP contribution in [0.4, 0.5) is 0 Å². The van der Waals surface area contributed by atoms with E-state index >= 15 is 0 Å². The van der Waals surface area contributed by atoms with Gasteiger partial charge >= 0.3 is 23.9 Å². The summed E-state index contributed by atoms with van der Waals surface area (Å²) in [6, 6.07) is 0.957. The highest BCUT2D eigenvalue weighted by Crippen LogP contribution is 2.48. The molecule has 0 radical (unpaired) electrons. The van der Waals surface area contributed by atoms with Gasteiger partial charge < -0.3 is 40.6 Å². The Labute approximate surface area is 225 Å². The molecule has 1 aromatic carbocycles. The van der Waals surface area contributed by atoms with Crippen LogP contribution >= 0.6 is 0 Å². The Morgan fingerprint density at radius 3 is 2.44 bits per heavy atom. The van der Waals surface area contributed by atoms with E-state index in [1.54, 1.807) is 6.08 Å². The van der Waals surface area contributed by atoms with Crippen LogP contribution in [0, 0.1) is 5.92 Å². The molecule has 1 aromatic rings. The number of esters is 2. The van der Waals surface area contributed by atoms with Gasteiger partial charge in [-0.2, -0.15) is 0 Å². The lowest BCUT2D eigenvalue weighted by molar-refractivity contribution is -0.174. The Kier molecular flexibility index (Phi) is 8.45. The normalized spacial score (nSPS) is 25.2. The standard InChI is InChI=1S/C27H34N2O10/c1-36-20-7-6-14-10-15-4-2-3-5-16(14)24(20)38-21-13-27(15,39-23(31)12-18(29)26(34)35)9-8-19(21)37-22(30)11-17(28)25(32)33/h6-8,15,17-18,21H,2-5,9-13,28-29H2,1H3,(H,32,33)(H,34,35)/t15-,17+,18+,21-,27+/m1/s1. The van der Waals surface area contributed by atoms with Crippen molar-refractivity contribution in [3.8, 4) is 11.5 Å². The van der Waals surface area contributed by atoms with E-state index in [1.807, 2.05) is 12.1 Å². The van der Waals surface area contributed by atoms with Crippen molar-refractivity contribution in [3.05, 3.63) is 35.1 Å². The van der Waals surface area contributed by atoms with Crippen LogP contribution in [0.25, 0.3) is 0 Å². The first kappa shape index (κ1) is 28.4. The maximum atomic E-state index is 13.0. The average molecular weight is 547 g/mol. The second-order valence-electron chi connectivity index (χ2n) is 10.3. The van der Waals surface area contributed by atoms with E-state index in [9.17, 15) is 24.3 Å². The number of fused-ring (bicyclic) bond motifs is 4. The van der Waals surface area contributed by atoms with Crippen LogP contribution in [-0.2, 0) is 41.5 Å². The highest BCUT2D eigenvalue weighted by molar-refractivity contribution is 5.82. The minimum absolute atomic E-state index is 0.122. The van der Waals surface area contributed by atoms with Crippen LogP contribution in [0.1, 0.15) is 56.1 Å². The summed E-state index contributed by atoms with van der Waals surface area (Å²) in [6.45, 7) is 0. The molecular formula is C27H34N2O10. The predicted molar refractivity (Wildman–Crippen MR) is 135 cm³/mol. The number of benzene rings is 1. The van der Waals surface area contributed by atoms with Crippen molar-refractivity contribution in [1.82, 2.24) is 0 Å². The van der Waals surface area contributed by atoms with Gasteiger partial charge in [0.05, 0.1) is 20.0 Å². The monoisotopic (exact) mass is 546 g/mol. The van der Waals surface area contributed by atoms with Gasteiger partial charge in [-0.1, -0.05) is 12.5 Å². The number of methoxy groups -OCH3 is 1. The summed E-state index contributed by atoms with van der Waals surface area (Å²) in [6.07, 6.45) is 3.83. The SMILES string of the molecule is COc1ccc2c3c1O[C@@H]1C[C@@](OC(=O)C[C@H](N)C(=O)O)(CC=C1OC(=O)C[C@H](N)C(=O)O)[C@H](CCCC3)C2. The largest absolute Gasteiger partial charge is 0.493 e. The molecular weight excluding hydrogens is 512 g/mol.